The minimum Gasteiger partial charge on any atom is -0.338 e. The third kappa shape index (κ3) is 3.22. The summed E-state index contributed by atoms with van der Waals surface area (Å²) < 4.78 is 5.23. The Balaban J connectivity index is 1.90. The number of rotatable bonds is 4. The van der Waals surface area contributed by atoms with Gasteiger partial charge in [-0.3, -0.25) is 0 Å². The Morgan fingerprint density at radius 1 is 1.50 bits per heavy atom. The van der Waals surface area contributed by atoms with Crippen LogP contribution in [0.3, 0.4) is 0 Å². The van der Waals surface area contributed by atoms with Gasteiger partial charge in [-0.15, -0.1) is 0 Å². The average Bonchev–Trinajstić information content (AvgIpc) is 2.76. The molecule has 0 spiro atoms. The molecule has 0 aliphatic carbocycles. The lowest BCUT2D eigenvalue weighted by Crippen LogP contribution is -2.22. The average molecular weight is 241 g/mol. The first-order chi connectivity index (χ1) is 7.75. The molecule has 4 nitrogen and oxygen atoms in total. The fourth-order valence-corrected chi connectivity index (χ4v) is 2.94. The van der Waals surface area contributed by atoms with Gasteiger partial charge < -0.3 is 9.84 Å². The summed E-state index contributed by atoms with van der Waals surface area (Å²) in [7, 11) is 0. The summed E-state index contributed by atoms with van der Waals surface area (Å²) in [6.45, 7) is 4.88. The van der Waals surface area contributed by atoms with Gasteiger partial charge in [0.2, 0.25) is 5.89 Å². The van der Waals surface area contributed by atoms with E-state index in [0.717, 1.165) is 5.82 Å². The van der Waals surface area contributed by atoms with Crippen LogP contribution in [0.15, 0.2) is 4.52 Å². The van der Waals surface area contributed by atoms with Crippen molar-refractivity contribution in [1.82, 2.24) is 15.5 Å². The molecule has 1 saturated heterocycles. The van der Waals surface area contributed by atoms with Crippen molar-refractivity contribution >= 4 is 11.8 Å². The summed E-state index contributed by atoms with van der Waals surface area (Å²) in [5.41, 5.74) is 0. The van der Waals surface area contributed by atoms with Crippen LogP contribution in [0, 0.1) is 0 Å². The van der Waals surface area contributed by atoms with E-state index in [9.17, 15) is 0 Å². The standard InChI is InChI=1S/C11H19N3OS/c1-8(2)12-7-10-13-11(14-15-10)9-5-3-4-6-16-9/h8-9,12H,3-7H2,1-2H3. The topological polar surface area (TPSA) is 51.0 Å². The minimum absolute atomic E-state index is 0.444. The number of hydrogen-bond acceptors (Lipinski definition) is 5. The fraction of sp³-hybridized carbons (Fsp3) is 0.818. The predicted molar refractivity (Wildman–Crippen MR) is 65.3 cm³/mol. The SMILES string of the molecule is CC(C)NCc1nc(C2CCCCS2)no1. The second-order valence-corrected chi connectivity index (χ2v) is 5.75. The largest absolute Gasteiger partial charge is 0.338 e. The lowest BCUT2D eigenvalue weighted by atomic mass is 10.2. The van der Waals surface area contributed by atoms with E-state index in [-0.39, 0.29) is 0 Å². The van der Waals surface area contributed by atoms with Gasteiger partial charge in [-0.1, -0.05) is 25.4 Å². The smallest absolute Gasteiger partial charge is 0.240 e. The van der Waals surface area contributed by atoms with E-state index >= 15 is 0 Å². The maximum Gasteiger partial charge on any atom is 0.240 e. The molecule has 16 heavy (non-hydrogen) atoms. The molecule has 2 heterocycles. The Hall–Kier alpha value is -0.550. The number of nitrogens with one attached hydrogen (secondary N) is 1. The van der Waals surface area contributed by atoms with E-state index in [1.54, 1.807) is 0 Å². The van der Waals surface area contributed by atoms with Crippen molar-refractivity contribution in [3.63, 3.8) is 0 Å². The highest BCUT2D eigenvalue weighted by Crippen LogP contribution is 2.36. The summed E-state index contributed by atoms with van der Waals surface area (Å²) in [5.74, 6) is 2.80. The molecule has 2 rings (SSSR count). The highest BCUT2D eigenvalue weighted by atomic mass is 32.2. The van der Waals surface area contributed by atoms with Crippen molar-refractivity contribution in [2.45, 2.75) is 50.9 Å². The third-order valence-electron chi connectivity index (χ3n) is 2.61. The van der Waals surface area contributed by atoms with E-state index in [0.29, 0.717) is 23.7 Å². The molecule has 0 radical (unpaired) electrons. The Morgan fingerprint density at radius 3 is 3.06 bits per heavy atom. The lowest BCUT2D eigenvalue weighted by molar-refractivity contribution is 0.356. The Kier molecular flexibility index (Phi) is 4.23. The molecule has 1 aliphatic rings. The maximum absolute atomic E-state index is 5.23. The van der Waals surface area contributed by atoms with Crippen LogP contribution < -0.4 is 5.32 Å². The van der Waals surface area contributed by atoms with Gasteiger partial charge in [0.05, 0.1) is 11.8 Å². The highest BCUT2D eigenvalue weighted by Gasteiger charge is 2.21. The van der Waals surface area contributed by atoms with Crippen LogP contribution >= 0.6 is 11.8 Å². The van der Waals surface area contributed by atoms with Crippen LogP contribution in [0.4, 0.5) is 0 Å². The van der Waals surface area contributed by atoms with Gasteiger partial charge >= 0.3 is 0 Å². The zero-order valence-electron chi connectivity index (χ0n) is 9.90. The lowest BCUT2D eigenvalue weighted by Gasteiger charge is -2.17. The highest BCUT2D eigenvalue weighted by molar-refractivity contribution is 7.99. The van der Waals surface area contributed by atoms with E-state index in [4.69, 9.17) is 4.52 Å². The summed E-state index contributed by atoms with van der Waals surface area (Å²) in [5, 5.41) is 7.80. The molecular formula is C11H19N3OS. The van der Waals surface area contributed by atoms with Gasteiger partial charge in [0, 0.05) is 6.04 Å². The Labute approximate surface area is 101 Å². The van der Waals surface area contributed by atoms with Gasteiger partial charge in [-0.25, -0.2) is 0 Å². The molecular weight excluding hydrogens is 222 g/mol. The zero-order valence-corrected chi connectivity index (χ0v) is 10.7. The summed E-state index contributed by atoms with van der Waals surface area (Å²) in [6, 6.07) is 0.444. The van der Waals surface area contributed by atoms with Crippen molar-refractivity contribution < 1.29 is 4.52 Å². The second kappa shape index (κ2) is 5.68. The second-order valence-electron chi connectivity index (χ2n) is 4.44. The van der Waals surface area contributed by atoms with Gasteiger partial charge in [0.1, 0.15) is 0 Å². The number of nitrogens with zero attached hydrogens (tertiary/aromatic N) is 2. The third-order valence-corrected chi connectivity index (χ3v) is 3.99. The van der Waals surface area contributed by atoms with Gasteiger partial charge in [-0.05, 0) is 18.6 Å². The molecule has 90 valence electrons. The van der Waals surface area contributed by atoms with Gasteiger partial charge in [0.15, 0.2) is 5.82 Å². The van der Waals surface area contributed by atoms with Crippen LogP contribution in [0.1, 0.15) is 50.1 Å². The first-order valence-electron chi connectivity index (χ1n) is 5.93. The molecule has 1 N–H and O–H groups in total. The van der Waals surface area contributed by atoms with Crippen molar-refractivity contribution in [1.29, 1.82) is 0 Å². The Morgan fingerprint density at radius 2 is 2.38 bits per heavy atom. The molecule has 1 atom stereocenters. The van der Waals surface area contributed by atoms with Crippen molar-refractivity contribution in [2.75, 3.05) is 5.75 Å². The quantitative estimate of drug-likeness (QED) is 0.878. The van der Waals surface area contributed by atoms with Crippen LogP contribution in [0.25, 0.3) is 0 Å². The first kappa shape index (κ1) is 11.9. The first-order valence-corrected chi connectivity index (χ1v) is 6.98. The van der Waals surface area contributed by atoms with Crippen molar-refractivity contribution in [2.24, 2.45) is 0 Å². The summed E-state index contributed by atoms with van der Waals surface area (Å²) >= 11 is 1.95. The summed E-state index contributed by atoms with van der Waals surface area (Å²) in [4.78, 5) is 4.44. The van der Waals surface area contributed by atoms with E-state index < -0.39 is 0 Å². The van der Waals surface area contributed by atoms with Gasteiger partial charge in [-0.2, -0.15) is 16.7 Å². The van der Waals surface area contributed by atoms with Crippen molar-refractivity contribution in [3.05, 3.63) is 11.7 Å². The maximum atomic E-state index is 5.23. The molecule has 0 saturated carbocycles. The monoisotopic (exact) mass is 241 g/mol. The Bertz CT molecular complexity index is 321. The fourth-order valence-electron chi connectivity index (χ4n) is 1.71. The van der Waals surface area contributed by atoms with Crippen LogP contribution in [0.2, 0.25) is 0 Å². The van der Waals surface area contributed by atoms with E-state index in [2.05, 4.69) is 29.3 Å². The summed E-state index contributed by atoms with van der Waals surface area (Å²) in [6.07, 6.45) is 3.79. The van der Waals surface area contributed by atoms with E-state index in [1.807, 2.05) is 11.8 Å². The molecule has 1 aromatic heterocycles. The predicted octanol–water partition coefficient (Wildman–Crippen LogP) is 2.53. The number of aromatic nitrogens is 2. The zero-order chi connectivity index (χ0) is 11.4. The molecule has 0 aromatic carbocycles. The molecule has 1 aliphatic heterocycles. The van der Waals surface area contributed by atoms with Gasteiger partial charge in [0.25, 0.3) is 0 Å². The molecule has 0 amide bonds. The number of thioether (sulfide) groups is 1. The minimum atomic E-state index is 0.444. The molecule has 1 aromatic rings. The molecule has 1 unspecified atom stereocenters. The van der Waals surface area contributed by atoms with Crippen LogP contribution in [-0.2, 0) is 6.54 Å². The number of hydrogen-bond donors (Lipinski definition) is 1. The molecule has 0 bridgehead atoms. The molecule has 5 heteroatoms. The van der Waals surface area contributed by atoms with Crippen LogP contribution in [0.5, 0.6) is 0 Å². The molecule has 1 fully saturated rings. The van der Waals surface area contributed by atoms with E-state index in [1.165, 1.54) is 25.0 Å². The van der Waals surface area contributed by atoms with Crippen molar-refractivity contribution in [3.8, 4) is 0 Å². The normalized spacial score (nSPS) is 21.6. The van der Waals surface area contributed by atoms with Crippen LogP contribution in [-0.4, -0.2) is 21.9 Å².